The number of nitrogens with two attached hydrogens (primary N) is 1. The van der Waals surface area contributed by atoms with Crippen molar-refractivity contribution in [2.24, 2.45) is 5.73 Å². The van der Waals surface area contributed by atoms with Crippen molar-refractivity contribution in [2.45, 2.75) is 12.5 Å². The van der Waals surface area contributed by atoms with Gasteiger partial charge in [-0.1, -0.05) is 12.2 Å². The third kappa shape index (κ3) is 2.97. The molecule has 1 aromatic rings. The van der Waals surface area contributed by atoms with E-state index in [0.717, 1.165) is 0 Å². The molecule has 0 radical (unpaired) electrons. The Morgan fingerprint density at radius 3 is 2.72 bits per heavy atom. The zero-order valence-electron chi connectivity index (χ0n) is 9.43. The predicted molar refractivity (Wildman–Crippen MR) is 70.0 cm³/mol. The molecule has 0 aromatic heterocycles. The molecule has 0 bridgehead atoms. The Hall–Kier alpha value is -1.21. The number of sulfone groups is 1. The van der Waals surface area contributed by atoms with Gasteiger partial charge in [0.15, 0.2) is 9.84 Å². The minimum Gasteiger partial charge on any atom is -0.489 e. The molecule has 1 aliphatic rings. The van der Waals surface area contributed by atoms with Crippen molar-refractivity contribution in [3.63, 3.8) is 0 Å². The normalized spacial score (nSPS) is 21.7. The average Bonchev–Trinajstić information content (AvgIpc) is 2.57. The van der Waals surface area contributed by atoms with Crippen LogP contribution in [0.4, 0.5) is 4.39 Å². The van der Waals surface area contributed by atoms with E-state index in [1.165, 1.54) is 18.2 Å². The lowest BCUT2D eigenvalue weighted by molar-refractivity contribution is 0.228. The molecule has 0 spiro atoms. The molecule has 98 valence electrons. The number of ether oxygens (including phenoxy) is 1. The van der Waals surface area contributed by atoms with Crippen LogP contribution < -0.4 is 10.5 Å². The lowest BCUT2D eigenvalue weighted by atomic mass is 10.2. The Labute approximate surface area is 110 Å². The molecular formula is C11H12FNO3S2. The zero-order chi connectivity index (χ0) is 13.3. The van der Waals surface area contributed by atoms with Gasteiger partial charge in [-0.2, -0.15) is 0 Å². The van der Waals surface area contributed by atoms with E-state index in [4.69, 9.17) is 10.5 Å². The first kappa shape index (κ1) is 13.2. The molecule has 0 aliphatic carbocycles. The van der Waals surface area contributed by atoms with Gasteiger partial charge in [0, 0.05) is 11.6 Å². The largest absolute Gasteiger partial charge is 0.489 e. The van der Waals surface area contributed by atoms with Gasteiger partial charge < -0.3 is 10.5 Å². The minimum absolute atomic E-state index is 0.0222. The monoisotopic (exact) mass is 289 g/mol. The first-order valence-corrected chi connectivity index (χ1v) is 7.57. The molecule has 1 unspecified atom stereocenters. The van der Waals surface area contributed by atoms with Crippen molar-refractivity contribution in [1.29, 1.82) is 0 Å². The third-order valence-corrected chi connectivity index (χ3v) is 4.66. The molecule has 1 aromatic carbocycles. The highest BCUT2D eigenvalue weighted by Crippen LogP contribution is 2.22. The van der Waals surface area contributed by atoms with Crippen molar-refractivity contribution in [3.05, 3.63) is 29.6 Å². The summed E-state index contributed by atoms with van der Waals surface area (Å²) in [6, 6.07) is 4.12. The van der Waals surface area contributed by atoms with Gasteiger partial charge in [-0.05, 0) is 18.6 Å². The Morgan fingerprint density at radius 1 is 1.50 bits per heavy atom. The Morgan fingerprint density at radius 2 is 2.22 bits per heavy atom. The van der Waals surface area contributed by atoms with Gasteiger partial charge in [0.1, 0.15) is 22.7 Å². The van der Waals surface area contributed by atoms with Crippen molar-refractivity contribution in [2.75, 3.05) is 11.5 Å². The van der Waals surface area contributed by atoms with Crippen LogP contribution in [0.1, 0.15) is 12.0 Å². The lowest BCUT2D eigenvalue weighted by Crippen LogP contribution is -2.18. The Bertz CT molecular complexity index is 586. The van der Waals surface area contributed by atoms with Crippen LogP contribution in [0.5, 0.6) is 5.75 Å². The van der Waals surface area contributed by atoms with E-state index < -0.39 is 21.8 Å². The second-order valence-electron chi connectivity index (χ2n) is 4.15. The number of hydrogen-bond donors (Lipinski definition) is 1. The van der Waals surface area contributed by atoms with Crippen LogP contribution in [0.25, 0.3) is 0 Å². The van der Waals surface area contributed by atoms with E-state index in [1.807, 2.05) is 0 Å². The Kier molecular flexibility index (Phi) is 3.54. The van der Waals surface area contributed by atoms with E-state index in [1.54, 1.807) is 0 Å². The number of halogens is 1. The van der Waals surface area contributed by atoms with Gasteiger partial charge >= 0.3 is 0 Å². The molecule has 2 N–H and O–H groups in total. The highest BCUT2D eigenvalue weighted by Gasteiger charge is 2.29. The van der Waals surface area contributed by atoms with Crippen LogP contribution in [0, 0.1) is 5.82 Å². The maximum absolute atomic E-state index is 13.6. The SMILES string of the molecule is NC(=S)c1ccc(OC2CCS(=O)(=O)C2)cc1F. The van der Waals surface area contributed by atoms with E-state index in [2.05, 4.69) is 12.2 Å². The smallest absolute Gasteiger partial charge is 0.154 e. The summed E-state index contributed by atoms with van der Waals surface area (Å²) in [5.74, 6) is -0.188. The molecule has 18 heavy (non-hydrogen) atoms. The molecule has 1 fully saturated rings. The molecule has 1 saturated heterocycles. The van der Waals surface area contributed by atoms with Crippen molar-refractivity contribution in [3.8, 4) is 5.75 Å². The lowest BCUT2D eigenvalue weighted by Gasteiger charge is -2.12. The highest BCUT2D eigenvalue weighted by atomic mass is 32.2. The summed E-state index contributed by atoms with van der Waals surface area (Å²) in [7, 11) is -3.01. The summed E-state index contributed by atoms with van der Waals surface area (Å²) in [6.07, 6.45) is 0.0196. The van der Waals surface area contributed by atoms with Gasteiger partial charge in [-0.3, -0.25) is 0 Å². The van der Waals surface area contributed by atoms with Crippen molar-refractivity contribution >= 4 is 27.0 Å². The summed E-state index contributed by atoms with van der Waals surface area (Å²) in [6.45, 7) is 0. The number of rotatable bonds is 3. The standard InChI is InChI=1S/C11H12FNO3S2/c12-10-5-7(1-2-9(10)11(13)17)16-8-3-4-18(14,15)6-8/h1-2,5,8H,3-4,6H2,(H2,13,17). The molecule has 1 atom stereocenters. The van der Waals surface area contributed by atoms with Gasteiger partial charge in [-0.25, -0.2) is 12.8 Å². The van der Waals surface area contributed by atoms with Gasteiger partial charge in [-0.15, -0.1) is 0 Å². The minimum atomic E-state index is -3.01. The van der Waals surface area contributed by atoms with Crippen LogP contribution in [-0.2, 0) is 9.84 Å². The van der Waals surface area contributed by atoms with Gasteiger partial charge in [0.25, 0.3) is 0 Å². The zero-order valence-corrected chi connectivity index (χ0v) is 11.1. The van der Waals surface area contributed by atoms with Gasteiger partial charge in [0.05, 0.1) is 11.5 Å². The van der Waals surface area contributed by atoms with E-state index in [-0.39, 0.29) is 27.8 Å². The molecule has 2 rings (SSSR count). The maximum atomic E-state index is 13.6. The van der Waals surface area contributed by atoms with Crippen LogP contribution in [0.15, 0.2) is 18.2 Å². The second-order valence-corrected chi connectivity index (χ2v) is 6.82. The van der Waals surface area contributed by atoms with E-state index in [0.29, 0.717) is 6.42 Å². The van der Waals surface area contributed by atoms with Crippen LogP contribution in [0.2, 0.25) is 0 Å². The summed E-state index contributed by atoms with van der Waals surface area (Å²) >= 11 is 4.68. The second kappa shape index (κ2) is 4.81. The average molecular weight is 289 g/mol. The van der Waals surface area contributed by atoms with Crippen LogP contribution in [-0.4, -0.2) is 31.0 Å². The van der Waals surface area contributed by atoms with E-state index in [9.17, 15) is 12.8 Å². The highest BCUT2D eigenvalue weighted by molar-refractivity contribution is 7.91. The Balaban J connectivity index is 2.12. The number of benzene rings is 1. The molecule has 0 amide bonds. The quantitative estimate of drug-likeness (QED) is 0.842. The van der Waals surface area contributed by atoms with Crippen molar-refractivity contribution in [1.82, 2.24) is 0 Å². The molecule has 1 aliphatic heterocycles. The third-order valence-electron chi connectivity index (χ3n) is 2.70. The fraction of sp³-hybridized carbons (Fsp3) is 0.364. The van der Waals surface area contributed by atoms with Crippen LogP contribution in [0.3, 0.4) is 0 Å². The fourth-order valence-electron chi connectivity index (χ4n) is 1.82. The first-order chi connectivity index (χ1) is 8.37. The summed E-state index contributed by atoms with van der Waals surface area (Å²) < 4.78 is 41.5. The summed E-state index contributed by atoms with van der Waals surface area (Å²) in [4.78, 5) is -0.0255. The molecule has 4 nitrogen and oxygen atoms in total. The van der Waals surface area contributed by atoms with E-state index >= 15 is 0 Å². The number of thiocarbonyl (C=S) groups is 1. The maximum Gasteiger partial charge on any atom is 0.154 e. The fourth-order valence-corrected chi connectivity index (χ4v) is 3.57. The van der Waals surface area contributed by atoms with Gasteiger partial charge in [0.2, 0.25) is 0 Å². The van der Waals surface area contributed by atoms with Crippen LogP contribution >= 0.6 is 12.2 Å². The molecule has 1 heterocycles. The predicted octanol–water partition coefficient (Wildman–Crippen LogP) is 1.03. The number of hydrogen-bond acceptors (Lipinski definition) is 4. The summed E-state index contributed by atoms with van der Waals surface area (Å²) in [5.41, 5.74) is 5.48. The topological polar surface area (TPSA) is 69.4 Å². The summed E-state index contributed by atoms with van der Waals surface area (Å²) in [5, 5.41) is 0. The van der Waals surface area contributed by atoms with Crippen molar-refractivity contribution < 1.29 is 17.5 Å². The molecular weight excluding hydrogens is 277 g/mol. The first-order valence-electron chi connectivity index (χ1n) is 5.34. The molecule has 0 saturated carbocycles. The molecule has 7 heteroatoms.